The molecule has 2 aliphatic rings. The molecule has 0 bridgehead atoms. The molecule has 28 heavy (non-hydrogen) atoms. The molecule has 0 radical (unpaired) electrons. The Balaban J connectivity index is 1.83. The summed E-state index contributed by atoms with van der Waals surface area (Å²) in [5, 5.41) is 12.5. The van der Waals surface area contributed by atoms with Crippen molar-refractivity contribution in [2.45, 2.75) is 43.7 Å². The Hall–Kier alpha value is -1.75. The van der Waals surface area contributed by atoms with Crippen LogP contribution in [0.5, 0.6) is 0 Å². The van der Waals surface area contributed by atoms with E-state index in [1.165, 1.54) is 18.6 Å². The molecule has 1 aliphatic heterocycles. The molecule has 150 valence electrons. The predicted octanol–water partition coefficient (Wildman–Crippen LogP) is 4.67. The molecule has 1 saturated carbocycles. The molecular formula is C24H30FNO2. The standard InChI is InChI=1S/C24H30FNO2/c25-22-13-11-21(12-14-22)24(27,20-9-5-2-6-10-20)23(19-7-3-1-4-8-19)26-15-17-28-18-16-26/h1,3-4,7-8,11-14,20,23,27H,2,5-6,9-10,15-18H2. The lowest BCUT2D eigenvalue weighted by molar-refractivity contribution is -0.125. The van der Waals surface area contributed by atoms with Crippen LogP contribution < -0.4 is 0 Å². The third-order valence-corrected chi connectivity index (χ3v) is 6.48. The Bertz CT molecular complexity index is 739. The molecule has 4 heteroatoms. The van der Waals surface area contributed by atoms with E-state index in [0.29, 0.717) is 13.2 Å². The van der Waals surface area contributed by atoms with E-state index in [9.17, 15) is 9.50 Å². The summed E-state index contributed by atoms with van der Waals surface area (Å²) >= 11 is 0. The van der Waals surface area contributed by atoms with Crippen molar-refractivity contribution in [1.29, 1.82) is 0 Å². The van der Waals surface area contributed by atoms with Gasteiger partial charge in [-0.15, -0.1) is 0 Å². The van der Waals surface area contributed by atoms with E-state index in [4.69, 9.17) is 4.74 Å². The van der Waals surface area contributed by atoms with Crippen LogP contribution in [0.25, 0.3) is 0 Å². The average molecular weight is 384 g/mol. The fraction of sp³-hybridized carbons (Fsp3) is 0.500. The molecule has 0 spiro atoms. The number of hydrogen-bond acceptors (Lipinski definition) is 3. The summed E-state index contributed by atoms with van der Waals surface area (Å²) in [4.78, 5) is 2.36. The fourth-order valence-corrected chi connectivity index (χ4v) is 5.09. The van der Waals surface area contributed by atoms with Crippen LogP contribution in [0.4, 0.5) is 4.39 Å². The van der Waals surface area contributed by atoms with Gasteiger partial charge in [-0.3, -0.25) is 4.90 Å². The van der Waals surface area contributed by atoms with Crippen molar-refractivity contribution in [3.05, 3.63) is 71.5 Å². The Morgan fingerprint density at radius 1 is 0.929 bits per heavy atom. The quantitative estimate of drug-likeness (QED) is 0.815. The van der Waals surface area contributed by atoms with Gasteiger partial charge in [-0.2, -0.15) is 0 Å². The second kappa shape index (κ2) is 8.73. The molecule has 1 heterocycles. The van der Waals surface area contributed by atoms with Crippen LogP contribution in [0.3, 0.4) is 0 Å². The van der Waals surface area contributed by atoms with Gasteiger partial charge < -0.3 is 9.84 Å². The normalized spacial score (nSPS) is 22.5. The molecule has 0 amide bonds. The van der Waals surface area contributed by atoms with Gasteiger partial charge in [-0.05, 0) is 42.0 Å². The highest BCUT2D eigenvalue weighted by Gasteiger charge is 2.48. The van der Waals surface area contributed by atoms with Gasteiger partial charge in [-0.1, -0.05) is 61.7 Å². The summed E-state index contributed by atoms with van der Waals surface area (Å²) in [6.07, 6.45) is 5.50. The van der Waals surface area contributed by atoms with E-state index < -0.39 is 5.60 Å². The monoisotopic (exact) mass is 383 g/mol. The molecule has 1 N–H and O–H groups in total. The van der Waals surface area contributed by atoms with Gasteiger partial charge in [-0.25, -0.2) is 4.39 Å². The van der Waals surface area contributed by atoms with E-state index in [2.05, 4.69) is 17.0 Å². The third kappa shape index (κ3) is 3.86. The molecule has 2 aromatic carbocycles. The SMILES string of the molecule is OC(c1ccc(F)cc1)(C1CCCCC1)C(c1ccccc1)N1CCOCC1. The topological polar surface area (TPSA) is 32.7 Å². The van der Waals surface area contributed by atoms with Crippen LogP contribution >= 0.6 is 0 Å². The maximum Gasteiger partial charge on any atom is 0.123 e. The maximum absolute atomic E-state index is 13.7. The Labute approximate surface area is 167 Å². The van der Waals surface area contributed by atoms with Crippen LogP contribution in [0.1, 0.15) is 49.3 Å². The van der Waals surface area contributed by atoms with Crippen molar-refractivity contribution in [3.8, 4) is 0 Å². The number of ether oxygens (including phenoxy) is 1. The summed E-state index contributed by atoms with van der Waals surface area (Å²) in [6.45, 7) is 2.92. The second-order valence-electron chi connectivity index (χ2n) is 8.13. The van der Waals surface area contributed by atoms with Gasteiger partial charge in [0.05, 0.1) is 19.3 Å². The maximum atomic E-state index is 13.7. The Kier molecular flexibility index (Phi) is 6.10. The summed E-state index contributed by atoms with van der Waals surface area (Å²) < 4.78 is 19.3. The predicted molar refractivity (Wildman–Crippen MR) is 108 cm³/mol. The van der Waals surface area contributed by atoms with E-state index in [1.807, 2.05) is 18.2 Å². The van der Waals surface area contributed by atoms with Crippen LogP contribution in [0.15, 0.2) is 54.6 Å². The van der Waals surface area contributed by atoms with Gasteiger partial charge in [0.2, 0.25) is 0 Å². The molecule has 1 saturated heterocycles. The highest BCUT2D eigenvalue weighted by Crippen LogP contribution is 2.49. The lowest BCUT2D eigenvalue weighted by Gasteiger charge is -2.49. The molecule has 2 fully saturated rings. The van der Waals surface area contributed by atoms with Crippen molar-refractivity contribution in [2.75, 3.05) is 26.3 Å². The van der Waals surface area contributed by atoms with Crippen molar-refractivity contribution < 1.29 is 14.2 Å². The minimum Gasteiger partial charge on any atom is -0.383 e. The number of hydrogen-bond donors (Lipinski definition) is 1. The highest BCUT2D eigenvalue weighted by atomic mass is 19.1. The molecule has 0 aromatic heterocycles. The molecule has 3 nitrogen and oxygen atoms in total. The smallest absolute Gasteiger partial charge is 0.123 e. The molecule has 2 aromatic rings. The summed E-state index contributed by atoms with van der Waals surface area (Å²) in [5.74, 6) is -0.114. The zero-order valence-electron chi connectivity index (χ0n) is 16.4. The summed E-state index contributed by atoms with van der Waals surface area (Å²) in [6, 6.07) is 16.6. The van der Waals surface area contributed by atoms with Crippen molar-refractivity contribution >= 4 is 0 Å². The summed E-state index contributed by atoms with van der Waals surface area (Å²) in [5.41, 5.74) is 0.871. The molecule has 2 atom stereocenters. The third-order valence-electron chi connectivity index (χ3n) is 6.48. The highest BCUT2D eigenvalue weighted by molar-refractivity contribution is 5.32. The first kappa shape index (κ1) is 19.6. The molecule has 1 aliphatic carbocycles. The average Bonchev–Trinajstić information content (AvgIpc) is 2.76. The van der Waals surface area contributed by atoms with Crippen molar-refractivity contribution in [1.82, 2.24) is 4.90 Å². The number of benzene rings is 2. The van der Waals surface area contributed by atoms with Gasteiger partial charge >= 0.3 is 0 Å². The Morgan fingerprint density at radius 2 is 1.57 bits per heavy atom. The van der Waals surface area contributed by atoms with Crippen LogP contribution in [0, 0.1) is 11.7 Å². The number of halogens is 1. The fourth-order valence-electron chi connectivity index (χ4n) is 5.09. The lowest BCUT2D eigenvalue weighted by Crippen LogP contribution is -2.52. The van der Waals surface area contributed by atoms with Crippen molar-refractivity contribution in [2.24, 2.45) is 5.92 Å². The minimum atomic E-state index is -1.06. The largest absolute Gasteiger partial charge is 0.383 e. The first-order chi connectivity index (χ1) is 13.7. The van der Waals surface area contributed by atoms with E-state index >= 15 is 0 Å². The molecule has 4 rings (SSSR count). The number of rotatable bonds is 5. The second-order valence-corrected chi connectivity index (χ2v) is 8.13. The lowest BCUT2D eigenvalue weighted by atomic mass is 9.67. The number of aliphatic hydroxyl groups is 1. The minimum absolute atomic E-state index is 0.153. The number of nitrogens with zero attached hydrogens (tertiary/aromatic N) is 1. The van der Waals surface area contributed by atoms with Crippen LogP contribution in [-0.2, 0) is 10.3 Å². The van der Waals surface area contributed by atoms with Crippen LogP contribution in [-0.4, -0.2) is 36.3 Å². The zero-order valence-corrected chi connectivity index (χ0v) is 16.4. The van der Waals surface area contributed by atoms with Gasteiger partial charge in [0.15, 0.2) is 0 Å². The van der Waals surface area contributed by atoms with E-state index in [0.717, 1.165) is 49.9 Å². The molecular weight excluding hydrogens is 353 g/mol. The van der Waals surface area contributed by atoms with Gasteiger partial charge in [0.1, 0.15) is 11.4 Å². The van der Waals surface area contributed by atoms with Gasteiger partial charge in [0, 0.05) is 13.1 Å². The Morgan fingerprint density at radius 3 is 2.21 bits per heavy atom. The van der Waals surface area contributed by atoms with Crippen LogP contribution in [0.2, 0.25) is 0 Å². The van der Waals surface area contributed by atoms with E-state index in [1.54, 1.807) is 12.1 Å². The first-order valence-electron chi connectivity index (χ1n) is 10.5. The zero-order chi connectivity index (χ0) is 19.4. The molecule has 2 unspecified atom stereocenters. The first-order valence-corrected chi connectivity index (χ1v) is 10.5. The van der Waals surface area contributed by atoms with Crippen molar-refractivity contribution in [3.63, 3.8) is 0 Å². The van der Waals surface area contributed by atoms with E-state index in [-0.39, 0.29) is 17.8 Å². The number of morpholine rings is 1. The van der Waals surface area contributed by atoms with Gasteiger partial charge in [0.25, 0.3) is 0 Å². The summed E-state index contributed by atoms with van der Waals surface area (Å²) in [7, 11) is 0.